The predicted molar refractivity (Wildman–Crippen MR) is 111 cm³/mol. The normalized spacial score (nSPS) is 17.9. The molecule has 1 atom stereocenters. The fraction of sp³-hybridized carbons (Fsp3) is 0.545. The number of benzene rings is 1. The van der Waals surface area contributed by atoms with Gasteiger partial charge < -0.3 is 0 Å². The lowest BCUT2D eigenvalue weighted by Gasteiger charge is -2.18. The van der Waals surface area contributed by atoms with Gasteiger partial charge in [-0.3, -0.25) is 24.1 Å². The average molecular weight is 404 g/mol. The number of ketones is 2. The number of hydrogen-bond acceptors (Lipinski definition) is 5. The number of amides is 2. The topological polar surface area (TPSA) is 71.5 Å². The number of likely N-dealkylation sites (tertiary alicyclic amines) is 1. The second-order valence-electron chi connectivity index (χ2n) is 9.27. The van der Waals surface area contributed by atoms with Crippen LogP contribution in [0.25, 0.3) is 0 Å². The van der Waals surface area contributed by atoms with E-state index in [1.165, 1.54) is 16.7 Å². The van der Waals surface area contributed by atoms with Crippen molar-refractivity contribution in [2.24, 2.45) is 10.8 Å². The third kappa shape index (κ3) is 5.31. The van der Waals surface area contributed by atoms with Crippen molar-refractivity contribution in [2.45, 2.75) is 59.8 Å². The second kappa shape index (κ2) is 8.19. The number of imide groups is 1. The number of hydrogen-bond donors (Lipinski definition) is 0. The molecule has 0 aliphatic carbocycles. The maximum Gasteiger partial charge on any atom is 0.243 e. The number of carbonyl (C=O) groups is 4. The first-order valence-corrected chi connectivity index (χ1v) is 10.5. The van der Waals surface area contributed by atoms with Gasteiger partial charge in [-0.2, -0.15) is 0 Å². The van der Waals surface area contributed by atoms with Gasteiger partial charge in [0.1, 0.15) is 5.78 Å². The first-order chi connectivity index (χ1) is 12.8. The minimum atomic E-state index is -0.499. The van der Waals surface area contributed by atoms with Gasteiger partial charge >= 0.3 is 0 Å². The fourth-order valence-electron chi connectivity index (χ4n) is 2.72. The molecule has 6 heteroatoms. The minimum Gasteiger partial charge on any atom is -0.298 e. The number of rotatable bonds is 6. The molecule has 152 valence electrons. The summed E-state index contributed by atoms with van der Waals surface area (Å²) >= 11 is 1.25. The molecule has 1 heterocycles. The highest BCUT2D eigenvalue weighted by Crippen LogP contribution is 2.29. The van der Waals surface area contributed by atoms with E-state index >= 15 is 0 Å². The van der Waals surface area contributed by atoms with E-state index in [-0.39, 0.29) is 42.1 Å². The number of Topliss-reactive ketones (excluding diaryl/α,β-unsaturated/α-hetero) is 2. The molecular weight excluding hydrogens is 374 g/mol. The highest BCUT2D eigenvalue weighted by molar-refractivity contribution is 8.01. The van der Waals surface area contributed by atoms with Crippen molar-refractivity contribution >= 4 is 35.1 Å². The Bertz CT molecular complexity index is 784. The Morgan fingerprint density at radius 2 is 1.57 bits per heavy atom. The van der Waals surface area contributed by atoms with Crippen LogP contribution in [0.3, 0.4) is 0 Å². The molecule has 28 heavy (non-hydrogen) atoms. The first kappa shape index (κ1) is 22.3. The molecule has 1 aromatic carbocycles. The van der Waals surface area contributed by atoms with Crippen molar-refractivity contribution in [1.29, 1.82) is 0 Å². The Morgan fingerprint density at radius 3 is 2.07 bits per heavy atom. The molecule has 1 aliphatic heterocycles. The molecule has 0 saturated carbocycles. The van der Waals surface area contributed by atoms with E-state index in [2.05, 4.69) is 0 Å². The van der Waals surface area contributed by atoms with Crippen molar-refractivity contribution < 1.29 is 19.2 Å². The zero-order valence-electron chi connectivity index (χ0n) is 17.5. The van der Waals surface area contributed by atoms with E-state index in [0.29, 0.717) is 5.56 Å². The van der Waals surface area contributed by atoms with Crippen LogP contribution in [0.4, 0.5) is 0 Å². The Morgan fingerprint density at radius 1 is 1.00 bits per heavy atom. The summed E-state index contributed by atoms with van der Waals surface area (Å²) in [5.41, 5.74) is 0.495. The third-order valence-electron chi connectivity index (χ3n) is 4.69. The van der Waals surface area contributed by atoms with Gasteiger partial charge in [-0.05, 0) is 5.56 Å². The molecule has 2 amide bonds. The molecule has 1 unspecified atom stereocenters. The van der Waals surface area contributed by atoms with Gasteiger partial charge in [-0.1, -0.05) is 65.8 Å². The zero-order valence-corrected chi connectivity index (χ0v) is 18.3. The molecular formula is C22H29NO4S. The molecule has 0 bridgehead atoms. The molecule has 0 aromatic heterocycles. The molecule has 2 rings (SSSR count). The number of carbonyl (C=O) groups excluding carboxylic acids is 4. The smallest absolute Gasteiger partial charge is 0.243 e. The average Bonchev–Trinajstić information content (AvgIpc) is 2.85. The monoisotopic (exact) mass is 403 g/mol. The second-order valence-corrected chi connectivity index (χ2v) is 10.5. The summed E-state index contributed by atoms with van der Waals surface area (Å²) in [6, 6.07) is 7.04. The summed E-state index contributed by atoms with van der Waals surface area (Å²) in [5, 5.41) is -0.499. The number of thioether (sulfide) groups is 1. The molecule has 0 N–H and O–H groups in total. The summed E-state index contributed by atoms with van der Waals surface area (Å²) in [7, 11) is 0. The van der Waals surface area contributed by atoms with Crippen molar-refractivity contribution in [3.8, 4) is 0 Å². The quantitative estimate of drug-likeness (QED) is 0.532. The summed E-state index contributed by atoms with van der Waals surface area (Å²) in [6.07, 6.45) is 0.127. The van der Waals surface area contributed by atoms with Crippen LogP contribution in [0.1, 0.15) is 63.9 Å². The van der Waals surface area contributed by atoms with Crippen LogP contribution in [0, 0.1) is 10.8 Å². The highest BCUT2D eigenvalue weighted by atomic mass is 32.2. The van der Waals surface area contributed by atoms with Crippen molar-refractivity contribution in [3.05, 3.63) is 35.4 Å². The summed E-state index contributed by atoms with van der Waals surface area (Å²) in [5.74, 6) is -0.125. The van der Waals surface area contributed by atoms with Crippen LogP contribution in [-0.2, 0) is 20.9 Å². The van der Waals surface area contributed by atoms with E-state index in [9.17, 15) is 19.2 Å². The molecule has 1 saturated heterocycles. The lowest BCUT2D eigenvalue weighted by atomic mass is 9.86. The molecule has 1 aliphatic rings. The van der Waals surface area contributed by atoms with Gasteiger partial charge in [0.05, 0.1) is 17.5 Å². The van der Waals surface area contributed by atoms with Crippen LogP contribution >= 0.6 is 11.8 Å². The highest BCUT2D eigenvalue weighted by Gasteiger charge is 2.39. The lowest BCUT2D eigenvalue weighted by Crippen LogP contribution is -2.31. The maximum absolute atomic E-state index is 12.6. The van der Waals surface area contributed by atoms with Gasteiger partial charge in [0.15, 0.2) is 5.78 Å². The zero-order chi connectivity index (χ0) is 21.3. The van der Waals surface area contributed by atoms with E-state index in [1.54, 1.807) is 24.3 Å². The van der Waals surface area contributed by atoms with Crippen molar-refractivity contribution in [2.75, 3.05) is 5.75 Å². The van der Waals surface area contributed by atoms with Crippen LogP contribution < -0.4 is 0 Å². The Hall–Kier alpha value is -1.95. The molecule has 5 nitrogen and oxygen atoms in total. The maximum atomic E-state index is 12.6. The van der Waals surface area contributed by atoms with Crippen molar-refractivity contribution in [3.63, 3.8) is 0 Å². The Balaban J connectivity index is 2.01. The van der Waals surface area contributed by atoms with Crippen LogP contribution in [0.2, 0.25) is 0 Å². The van der Waals surface area contributed by atoms with E-state index in [0.717, 1.165) is 5.56 Å². The van der Waals surface area contributed by atoms with E-state index < -0.39 is 16.1 Å². The molecule has 1 aromatic rings. The van der Waals surface area contributed by atoms with Crippen LogP contribution in [0.15, 0.2) is 24.3 Å². The van der Waals surface area contributed by atoms with Gasteiger partial charge in [-0.25, -0.2) is 0 Å². The first-order valence-electron chi connectivity index (χ1n) is 9.43. The van der Waals surface area contributed by atoms with Crippen LogP contribution in [-0.4, -0.2) is 39.3 Å². The Labute approximate surface area is 171 Å². The summed E-state index contributed by atoms with van der Waals surface area (Å²) in [6.45, 7) is 11.3. The largest absolute Gasteiger partial charge is 0.298 e. The summed E-state index contributed by atoms with van der Waals surface area (Å²) in [4.78, 5) is 50.6. The van der Waals surface area contributed by atoms with Crippen molar-refractivity contribution in [1.82, 2.24) is 4.90 Å². The molecule has 0 spiro atoms. The molecule has 1 fully saturated rings. The fourth-order valence-corrected chi connectivity index (χ4v) is 4.03. The third-order valence-corrected chi connectivity index (χ3v) is 5.89. The van der Waals surface area contributed by atoms with Gasteiger partial charge in [0, 0.05) is 22.8 Å². The van der Waals surface area contributed by atoms with Crippen LogP contribution in [0.5, 0.6) is 0 Å². The summed E-state index contributed by atoms with van der Waals surface area (Å²) < 4.78 is 0. The van der Waals surface area contributed by atoms with E-state index in [4.69, 9.17) is 0 Å². The standard InChI is InChI=1S/C22H29NO4S/c1-21(2,3)17(24)13-28-16-11-18(25)23(20(16)27)12-14-7-9-15(10-8-14)19(26)22(4,5)6/h7-10,16H,11-13H2,1-6H3. The van der Waals surface area contributed by atoms with Gasteiger partial charge in [0.25, 0.3) is 0 Å². The number of nitrogens with zero attached hydrogens (tertiary/aromatic N) is 1. The lowest BCUT2D eigenvalue weighted by molar-refractivity contribution is -0.138. The van der Waals surface area contributed by atoms with E-state index in [1.807, 2.05) is 41.5 Å². The van der Waals surface area contributed by atoms with Gasteiger partial charge in [0.2, 0.25) is 11.8 Å². The molecule has 0 radical (unpaired) electrons. The van der Waals surface area contributed by atoms with Gasteiger partial charge in [-0.15, -0.1) is 11.8 Å². The SMILES string of the molecule is CC(C)(C)C(=O)CSC1CC(=O)N(Cc2ccc(C(=O)C(C)(C)C)cc2)C1=O. The predicted octanol–water partition coefficient (Wildman–Crippen LogP) is 3.89. The minimum absolute atomic E-state index is 0.0485. The Kier molecular flexibility index (Phi) is 6.54.